The van der Waals surface area contributed by atoms with Crippen LogP contribution in [-0.2, 0) is 4.79 Å². The molecule has 0 bridgehead atoms. The van der Waals surface area contributed by atoms with Crippen molar-refractivity contribution in [1.29, 1.82) is 0 Å². The fourth-order valence-corrected chi connectivity index (χ4v) is 1.74. The van der Waals surface area contributed by atoms with E-state index in [0.29, 0.717) is 19.5 Å². The Morgan fingerprint density at radius 2 is 2.33 bits per heavy atom. The molecule has 0 rings (SSSR count). The number of nitrogens with zero attached hydrogens (tertiary/aromatic N) is 1. The molecule has 0 saturated heterocycles. The maximum absolute atomic E-state index is 11.8. The lowest BCUT2D eigenvalue weighted by Gasteiger charge is -2.23. The predicted molar refractivity (Wildman–Crippen MR) is 66.7 cm³/mol. The molecule has 0 aromatic rings. The van der Waals surface area contributed by atoms with Crippen molar-refractivity contribution < 1.29 is 4.79 Å². The highest BCUT2D eigenvalue weighted by atomic mass is 32.2. The Morgan fingerprint density at radius 1 is 1.67 bits per heavy atom. The normalized spacial score (nSPS) is 11.9. The Hall–Kier alpha value is -0.660. The average molecular weight is 228 g/mol. The largest absolute Gasteiger partial charge is 0.330 e. The van der Waals surface area contributed by atoms with Crippen molar-refractivity contribution in [2.75, 3.05) is 25.1 Å². The number of hydrogen-bond acceptors (Lipinski definition) is 3. The van der Waals surface area contributed by atoms with E-state index in [0.717, 1.165) is 12.2 Å². The Morgan fingerprint density at radius 3 is 2.80 bits per heavy atom. The van der Waals surface area contributed by atoms with Gasteiger partial charge >= 0.3 is 0 Å². The predicted octanol–water partition coefficient (Wildman–Crippen LogP) is 0.939. The number of carbonyl (C=O) groups is 1. The molecule has 0 heterocycles. The van der Waals surface area contributed by atoms with Crippen LogP contribution in [0.25, 0.3) is 0 Å². The molecular formula is C11H20N2OS. The third kappa shape index (κ3) is 5.71. The van der Waals surface area contributed by atoms with Crippen molar-refractivity contribution in [2.24, 2.45) is 5.73 Å². The molecule has 0 unspecified atom stereocenters. The van der Waals surface area contributed by atoms with Crippen molar-refractivity contribution >= 4 is 17.7 Å². The van der Waals surface area contributed by atoms with Gasteiger partial charge in [0.1, 0.15) is 0 Å². The summed E-state index contributed by atoms with van der Waals surface area (Å²) < 4.78 is 0. The van der Waals surface area contributed by atoms with Crippen molar-refractivity contribution in [1.82, 2.24) is 4.90 Å². The topological polar surface area (TPSA) is 46.3 Å². The van der Waals surface area contributed by atoms with Crippen LogP contribution in [-0.4, -0.2) is 41.9 Å². The molecule has 15 heavy (non-hydrogen) atoms. The zero-order valence-electron chi connectivity index (χ0n) is 9.53. The molecule has 3 nitrogen and oxygen atoms in total. The Kier molecular flexibility index (Phi) is 8.25. The van der Waals surface area contributed by atoms with Crippen LogP contribution in [0.4, 0.5) is 0 Å². The number of rotatable bonds is 7. The lowest BCUT2D eigenvalue weighted by Crippen LogP contribution is -2.44. The van der Waals surface area contributed by atoms with Crippen LogP contribution in [0.1, 0.15) is 19.8 Å². The minimum atomic E-state index is -0.405. The molecule has 1 amide bonds. The first-order valence-corrected chi connectivity index (χ1v) is 6.53. The van der Waals surface area contributed by atoms with Gasteiger partial charge in [0, 0.05) is 6.54 Å². The highest BCUT2D eigenvalue weighted by Crippen LogP contribution is 2.03. The second-order valence-electron chi connectivity index (χ2n) is 3.35. The molecule has 1 atom stereocenters. The summed E-state index contributed by atoms with van der Waals surface area (Å²) in [6.07, 6.45) is 8.83. The van der Waals surface area contributed by atoms with E-state index in [1.807, 2.05) is 13.2 Å². The van der Waals surface area contributed by atoms with Gasteiger partial charge in [0.2, 0.25) is 5.91 Å². The molecular weight excluding hydrogens is 208 g/mol. The smallest absolute Gasteiger partial charge is 0.240 e. The number of thioether (sulfide) groups is 1. The van der Waals surface area contributed by atoms with E-state index in [1.54, 1.807) is 16.7 Å². The molecule has 0 aliphatic rings. The van der Waals surface area contributed by atoms with Gasteiger partial charge in [-0.3, -0.25) is 4.79 Å². The quantitative estimate of drug-likeness (QED) is 0.660. The summed E-state index contributed by atoms with van der Waals surface area (Å²) in [5.74, 6) is 3.37. The highest BCUT2D eigenvalue weighted by Gasteiger charge is 2.18. The number of nitrogens with two attached hydrogens (primary N) is 1. The van der Waals surface area contributed by atoms with Crippen LogP contribution in [0, 0.1) is 12.3 Å². The van der Waals surface area contributed by atoms with Crippen LogP contribution in [0.5, 0.6) is 0 Å². The van der Waals surface area contributed by atoms with E-state index in [4.69, 9.17) is 12.2 Å². The minimum Gasteiger partial charge on any atom is -0.330 e. The maximum Gasteiger partial charge on any atom is 0.240 e. The third-order valence-corrected chi connectivity index (χ3v) is 2.68. The van der Waals surface area contributed by atoms with Crippen LogP contribution in [0.15, 0.2) is 0 Å². The second kappa shape index (κ2) is 8.63. The van der Waals surface area contributed by atoms with Crippen LogP contribution in [0.3, 0.4) is 0 Å². The average Bonchev–Trinajstić information content (AvgIpc) is 2.24. The second-order valence-corrected chi connectivity index (χ2v) is 4.34. The van der Waals surface area contributed by atoms with Gasteiger partial charge < -0.3 is 10.6 Å². The zero-order valence-corrected chi connectivity index (χ0v) is 10.3. The molecule has 0 radical (unpaired) electrons. The van der Waals surface area contributed by atoms with E-state index in [9.17, 15) is 4.79 Å². The molecule has 0 saturated carbocycles. The molecule has 2 N–H and O–H groups in total. The summed E-state index contributed by atoms with van der Waals surface area (Å²) >= 11 is 1.69. The highest BCUT2D eigenvalue weighted by molar-refractivity contribution is 7.98. The number of terminal acetylenes is 1. The first-order chi connectivity index (χ1) is 7.17. The number of hydrogen-bond donors (Lipinski definition) is 1. The summed E-state index contributed by atoms with van der Waals surface area (Å²) in [4.78, 5) is 13.5. The van der Waals surface area contributed by atoms with E-state index in [1.165, 1.54) is 0 Å². The van der Waals surface area contributed by atoms with Crippen molar-refractivity contribution in [3.05, 3.63) is 0 Å². The van der Waals surface area contributed by atoms with Gasteiger partial charge in [-0.2, -0.15) is 11.8 Å². The van der Waals surface area contributed by atoms with Gasteiger partial charge in [0.05, 0.1) is 12.6 Å². The summed E-state index contributed by atoms with van der Waals surface area (Å²) in [7, 11) is 0. The maximum atomic E-state index is 11.8. The minimum absolute atomic E-state index is 0.0242. The molecule has 0 aromatic heterocycles. The summed E-state index contributed by atoms with van der Waals surface area (Å²) in [6, 6.07) is -0.405. The monoisotopic (exact) mass is 228 g/mol. The van der Waals surface area contributed by atoms with Gasteiger partial charge in [0.15, 0.2) is 0 Å². The molecule has 4 heteroatoms. The van der Waals surface area contributed by atoms with E-state index < -0.39 is 6.04 Å². The van der Waals surface area contributed by atoms with E-state index in [-0.39, 0.29) is 5.91 Å². The van der Waals surface area contributed by atoms with Crippen molar-refractivity contribution in [2.45, 2.75) is 25.8 Å². The molecule has 0 fully saturated rings. The number of amides is 1. The summed E-state index contributed by atoms with van der Waals surface area (Å²) in [6.45, 7) is 3.07. The lowest BCUT2D eigenvalue weighted by molar-refractivity contribution is -0.132. The van der Waals surface area contributed by atoms with E-state index in [2.05, 4.69) is 5.92 Å². The van der Waals surface area contributed by atoms with Gasteiger partial charge in [0.25, 0.3) is 0 Å². The fourth-order valence-electron chi connectivity index (χ4n) is 1.25. The van der Waals surface area contributed by atoms with Crippen molar-refractivity contribution in [3.63, 3.8) is 0 Å². The molecule has 0 aromatic carbocycles. The Labute approximate surface area is 96.8 Å². The first kappa shape index (κ1) is 14.3. The van der Waals surface area contributed by atoms with Crippen LogP contribution >= 0.6 is 11.8 Å². The number of carbonyl (C=O) groups excluding carboxylic acids is 1. The summed E-state index contributed by atoms with van der Waals surface area (Å²) in [5, 5.41) is 0. The molecule has 86 valence electrons. The lowest BCUT2D eigenvalue weighted by atomic mass is 10.2. The van der Waals surface area contributed by atoms with Gasteiger partial charge in [-0.15, -0.1) is 6.42 Å². The standard InChI is InChI=1S/C11H20N2OS/c1-4-7-13(8-5-2)11(14)10(12)6-9-15-3/h1,10H,5-9,12H2,2-3H3/t10-/m1/s1. The first-order valence-electron chi connectivity index (χ1n) is 5.14. The zero-order chi connectivity index (χ0) is 11.7. The Balaban J connectivity index is 4.16. The Bertz CT molecular complexity index is 225. The SMILES string of the molecule is C#CCN(CCC)C(=O)[C@H](N)CCSC. The van der Waals surface area contributed by atoms with Crippen molar-refractivity contribution in [3.8, 4) is 12.3 Å². The van der Waals surface area contributed by atoms with Gasteiger partial charge in [-0.05, 0) is 24.9 Å². The molecule has 0 aliphatic heterocycles. The van der Waals surface area contributed by atoms with Gasteiger partial charge in [-0.25, -0.2) is 0 Å². The van der Waals surface area contributed by atoms with Gasteiger partial charge in [-0.1, -0.05) is 12.8 Å². The molecule has 0 aliphatic carbocycles. The summed E-state index contributed by atoms with van der Waals surface area (Å²) in [5.41, 5.74) is 5.79. The van der Waals surface area contributed by atoms with Crippen LogP contribution < -0.4 is 5.73 Å². The van der Waals surface area contributed by atoms with Crippen LogP contribution in [0.2, 0.25) is 0 Å². The third-order valence-electron chi connectivity index (χ3n) is 2.04. The molecule has 0 spiro atoms. The fraction of sp³-hybridized carbons (Fsp3) is 0.727. The van der Waals surface area contributed by atoms with E-state index >= 15 is 0 Å².